The smallest absolute Gasteiger partial charge is 0.337 e. The molecule has 0 aliphatic carbocycles. The van der Waals surface area contributed by atoms with Crippen molar-refractivity contribution in [1.82, 2.24) is 4.90 Å². The number of ether oxygens (including phenoxy) is 1. The predicted octanol–water partition coefficient (Wildman–Crippen LogP) is 3.87. The number of halogens is 1. The Hall–Kier alpha value is -1.65. The minimum Gasteiger partial charge on any atom is -0.465 e. The molecule has 0 aromatic heterocycles. The maximum Gasteiger partial charge on any atom is 0.337 e. The lowest BCUT2D eigenvalue weighted by Gasteiger charge is -2.18. The molecule has 0 bridgehead atoms. The highest BCUT2D eigenvalue weighted by atomic mass is 79.9. The van der Waals surface area contributed by atoms with Gasteiger partial charge in [0.05, 0.1) is 12.7 Å². The highest BCUT2D eigenvalue weighted by Crippen LogP contribution is 2.21. The Labute approximate surface area is 133 Å². The summed E-state index contributed by atoms with van der Waals surface area (Å²) >= 11 is 3.52. The van der Waals surface area contributed by atoms with Gasteiger partial charge in [-0.25, -0.2) is 4.79 Å². The van der Waals surface area contributed by atoms with Crippen LogP contribution in [0.3, 0.4) is 0 Å². The maximum absolute atomic E-state index is 11.5. The van der Waals surface area contributed by atoms with Crippen molar-refractivity contribution in [3.8, 4) is 0 Å². The van der Waals surface area contributed by atoms with Gasteiger partial charge in [0.1, 0.15) is 0 Å². The Morgan fingerprint density at radius 3 is 2.48 bits per heavy atom. The summed E-state index contributed by atoms with van der Waals surface area (Å²) in [4.78, 5) is 13.7. The monoisotopic (exact) mass is 347 g/mol. The first kappa shape index (κ1) is 15.7. The van der Waals surface area contributed by atoms with Crippen LogP contribution in [0.15, 0.2) is 53.0 Å². The molecule has 0 N–H and O–H groups in total. The Balaban J connectivity index is 2.04. The van der Waals surface area contributed by atoms with Crippen molar-refractivity contribution < 1.29 is 9.53 Å². The van der Waals surface area contributed by atoms with Gasteiger partial charge in [-0.05, 0) is 30.3 Å². The van der Waals surface area contributed by atoms with E-state index in [4.69, 9.17) is 4.74 Å². The average Bonchev–Trinajstić information content (AvgIpc) is 2.49. The van der Waals surface area contributed by atoms with Crippen molar-refractivity contribution in [2.75, 3.05) is 14.2 Å². The summed E-state index contributed by atoms with van der Waals surface area (Å²) in [6.07, 6.45) is 0. The Kier molecular flexibility index (Phi) is 5.53. The van der Waals surface area contributed by atoms with Gasteiger partial charge in [-0.15, -0.1) is 0 Å². The molecular formula is C17H18BrNO2. The molecule has 0 aliphatic rings. The molecule has 0 atom stereocenters. The lowest BCUT2D eigenvalue weighted by molar-refractivity contribution is 0.0600. The van der Waals surface area contributed by atoms with Crippen molar-refractivity contribution in [3.05, 3.63) is 69.7 Å². The summed E-state index contributed by atoms with van der Waals surface area (Å²) in [6.45, 7) is 1.68. The topological polar surface area (TPSA) is 29.5 Å². The molecule has 0 saturated heterocycles. The number of hydrogen-bond donors (Lipinski definition) is 0. The molecule has 2 aromatic carbocycles. The molecule has 110 valence electrons. The van der Waals surface area contributed by atoms with E-state index in [1.807, 2.05) is 24.3 Å². The zero-order valence-electron chi connectivity index (χ0n) is 12.2. The summed E-state index contributed by atoms with van der Waals surface area (Å²) in [7, 11) is 3.46. The number of hydrogen-bond acceptors (Lipinski definition) is 3. The van der Waals surface area contributed by atoms with E-state index in [1.165, 1.54) is 12.7 Å². The van der Waals surface area contributed by atoms with Gasteiger partial charge < -0.3 is 4.74 Å². The Morgan fingerprint density at radius 2 is 1.86 bits per heavy atom. The molecule has 0 unspecified atom stereocenters. The van der Waals surface area contributed by atoms with Crippen LogP contribution in [0.2, 0.25) is 0 Å². The van der Waals surface area contributed by atoms with E-state index < -0.39 is 0 Å². The summed E-state index contributed by atoms with van der Waals surface area (Å²) in [5.74, 6) is -0.320. The predicted molar refractivity (Wildman–Crippen MR) is 87.1 cm³/mol. The molecule has 0 fully saturated rings. The van der Waals surface area contributed by atoms with E-state index in [0.717, 1.165) is 23.1 Å². The second-order valence-corrected chi connectivity index (χ2v) is 5.81. The summed E-state index contributed by atoms with van der Waals surface area (Å²) in [5, 5.41) is 0. The van der Waals surface area contributed by atoms with Gasteiger partial charge in [0.25, 0.3) is 0 Å². The third kappa shape index (κ3) is 4.41. The lowest BCUT2D eigenvalue weighted by Crippen LogP contribution is -2.17. The number of methoxy groups -OCH3 is 1. The Bertz CT molecular complexity index is 613. The van der Waals surface area contributed by atoms with Crippen molar-refractivity contribution in [1.29, 1.82) is 0 Å². The SMILES string of the molecule is COC(=O)c1ccc(CN(C)Cc2ccccc2)c(Br)c1. The normalized spacial score (nSPS) is 10.7. The second-order valence-electron chi connectivity index (χ2n) is 4.96. The van der Waals surface area contributed by atoms with E-state index in [0.29, 0.717) is 5.56 Å². The van der Waals surface area contributed by atoms with Crippen LogP contribution in [0, 0.1) is 0 Å². The molecule has 2 rings (SSSR count). The minimum absolute atomic E-state index is 0.320. The quantitative estimate of drug-likeness (QED) is 0.769. The molecule has 0 radical (unpaired) electrons. The first-order valence-corrected chi connectivity index (χ1v) is 7.48. The molecule has 0 spiro atoms. The number of carbonyl (C=O) groups is 1. The van der Waals surface area contributed by atoms with Crippen LogP contribution in [0.4, 0.5) is 0 Å². The fraction of sp³-hybridized carbons (Fsp3) is 0.235. The van der Waals surface area contributed by atoms with Crippen molar-refractivity contribution in [3.63, 3.8) is 0 Å². The molecular weight excluding hydrogens is 330 g/mol. The zero-order valence-corrected chi connectivity index (χ0v) is 13.8. The zero-order chi connectivity index (χ0) is 15.2. The number of rotatable bonds is 5. The van der Waals surface area contributed by atoms with E-state index in [1.54, 1.807) is 12.1 Å². The molecule has 21 heavy (non-hydrogen) atoms. The number of benzene rings is 2. The summed E-state index contributed by atoms with van der Waals surface area (Å²) < 4.78 is 5.64. The van der Waals surface area contributed by atoms with Gasteiger partial charge in [0.2, 0.25) is 0 Å². The van der Waals surface area contributed by atoms with E-state index >= 15 is 0 Å². The van der Waals surface area contributed by atoms with Gasteiger partial charge in [-0.2, -0.15) is 0 Å². The van der Waals surface area contributed by atoms with Crippen LogP contribution in [-0.4, -0.2) is 25.0 Å². The standard InChI is InChI=1S/C17H18BrNO2/c1-19(11-13-6-4-3-5-7-13)12-15-9-8-14(10-16(15)18)17(20)21-2/h3-10H,11-12H2,1-2H3. The van der Waals surface area contributed by atoms with Gasteiger partial charge in [-0.1, -0.05) is 52.3 Å². The van der Waals surface area contributed by atoms with Gasteiger partial charge in [0.15, 0.2) is 0 Å². The molecule has 4 heteroatoms. The second kappa shape index (κ2) is 7.38. The van der Waals surface area contributed by atoms with Gasteiger partial charge in [-0.3, -0.25) is 4.90 Å². The van der Waals surface area contributed by atoms with Crippen LogP contribution >= 0.6 is 15.9 Å². The average molecular weight is 348 g/mol. The van der Waals surface area contributed by atoms with Gasteiger partial charge >= 0.3 is 5.97 Å². The van der Waals surface area contributed by atoms with Crippen LogP contribution in [0.1, 0.15) is 21.5 Å². The highest BCUT2D eigenvalue weighted by Gasteiger charge is 2.10. The lowest BCUT2D eigenvalue weighted by atomic mass is 10.1. The first-order valence-electron chi connectivity index (χ1n) is 6.69. The van der Waals surface area contributed by atoms with Crippen LogP contribution in [0.5, 0.6) is 0 Å². The number of carbonyl (C=O) groups excluding carboxylic acids is 1. The summed E-state index contributed by atoms with van der Waals surface area (Å²) in [5.41, 5.74) is 2.97. The molecule has 0 amide bonds. The van der Waals surface area contributed by atoms with E-state index in [9.17, 15) is 4.79 Å². The minimum atomic E-state index is -0.320. The summed E-state index contributed by atoms with van der Waals surface area (Å²) in [6, 6.07) is 15.9. The van der Waals surface area contributed by atoms with Crippen LogP contribution in [-0.2, 0) is 17.8 Å². The largest absolute Gasteiger partial charge is 0.465 e. The van der Waals surface area contributed by atoms with Crippen LogP contribution in [0.25, 0.3) is 0 Å². The van der Waals surface area contributed by atoms with Crippen molar-refractivity contribution >= 4 is 21.9 Å². The van der Waals surface area contributed by atoms with Crippen molar-refractivity contribution in [2.24, 2.45) is 0 Å². The third-order valence-electron chi connectivity index (χ3n) is 3.21. The number of esters is 1. The molecule has 0 saturated carbocycles. The maximum atomic E-state index is 11.5. The Morgan fingerprint density at radius 1 is 1.14 bits per heavy atom. The first-order chi connectivity index (χ1) is 10.1. The fourth-order valence-electron chi connectivity index (χ4n) is 2.16. The van der Waals surface area contributed by atoms with E-state index in [2.05, 4.69) is 40.0 Å². The number of nitrogens with zero attached hydrogens (tertiary/aromatic N) is 1. The van der Waals surface area contributed by atoms with E-state index in [-0.39, 0.29) is 5.97 Å². The van der Waals surface area contributed by atoms with Crippen molar-refractivity contribution in [2.45, 2.75) is 13.1 Å². The molecule has 0 heterocycles. The van der Waals surface area contributed by atoms with Crippen LogP contribution < -0.4 is 0 Å². The highest BCUT2D eigenvalue weighted by molar-refractivity contribution is 9.10. The molecule has 0 aliphatic heterocycles. The third-order valence-corrected chi connectivity index (χ3v) is 3.95. The van der Waals surface area contributed by atoms with Gasteiger partial charge in [0, 0.05) is 17.6 Å². The molecule has 2 aromatic rings. The molecule has 3 nitrogen and oxygen atoms in total. The fourth-order valence-corrected chi connectivity index (χ4v) is 2.67.